The van der Waals surface area contributed by atoms with Crippen LogP contribution in [0.3, 0.4) is 0 Å². The number of halogens is 1. The van der Waals surface area contributed by atoms with Gasteiger partial charge in [0.1, 0.15) is 6.61 Å². The van der Waals surface area contributed by atoms with Gasteiger partial charge >= 0.3 is 6.09 Å². The maximum absolute atomic E-state index is 11.5. The molecule has 0 fully saturated rings. The number of carbonyl (C=O) groups excluding carboxylic acids is 1. The Morgan fingerprint density at radius 2 is 1.26 bits per heavy atom. The van der Waals surface area contributed by atoms with E-state index in [1.807, 2.05) is 0 Å². The number of unbranched alkanes of at least 4 members (excludes halogenated alkanes) is 3. The highest BCUT2D eigenvalue weighted by Gasteiger charge is 2.01. The van der Waals surface area contributed by atoms with Gasteiger partial charge in [0, 0.05) is 25.6 Å². The zero-order valence-electron chi connectivity index (χ0n) is 15.9. The van der Waals surface area contributed by atoms with E-state index < -0.39 is 6.09 Å². The second-order valence-corrected chi connectivity index (χ2v) is 5.95. The first-order chi connectivity index (χ1) is 13.2. The molecule has 0 saturated heterocycles. The van der Waals surface area contributed by atoms with Crippen LogP contribution in [0.15, 0.2) is 0 Å². The van der Waals surface area contributed by atoms with Gasteiger partial charge in [-0.15, -0.1) is 11.6 Å². The SMILES string of the molecule is O=C(O)NCCOCCOCC(=O)NCCOCCOCCCCCCCl. The lowest BCUT2D eigenvalue weighted by molar-refractivity contribution is -0.126. The number of carbonyl (C=O) groups is 2. The molecule has 160 valence electrons. The van der Waals surface area contributed by atoms with Gasteiger partial charge in [-0.2, -0.15) is 0 Å². The Balaban J connectivity index is 3.16. The molecule has 0 aliphatic carbocycles. The van der Waals surface area contributed by atoms with Crippen molar-refractivity contribution in [3.8, 4) is 0 Å². The van der Waals surface area contributed by atoms with E-state index in [1.54, 1.807) is 0 Å². The van der Waals surface area contributed by atoms with Gasteiger partial charge in [-0.25, -0.2) is 4.79 Å². The van der Waals surface area contributed by atoms with Crippen molar-refractivity contribution in [3.05, 3.63) is 0 Å². The number of carboxylic acid groups (broad SMARTS) is 1. The number of amides is 2. The summed E-state index contributed by atoms with van der Waals surface area (Å²) in [7, 11) is 0. The van der Waals surface area contributed by atoms with Crippen LogP contribution in [0.1, 0.15) is 25.7 Å². The van der Waals surface area contributed by atoms with E-state index >= 15 is 0 Å². The smallest absolute Gasteiger partial charge is 0.404 e. The highest BCUT2D eigenvalue weighted by Crippen LogP contribution is 2.00. The van der Waals surface area contributed by atoms with Gasteiger partial charge in [0.2, 0.25) is 5.91 Å². The Bertz CT molecular complexity index is 362. The fourth-order valence-corrected chi connectivity index (χ4v) is 2.09. The molecule has 0 radical (unpaired) electrons. The number of rotatable bonds is 20. The van der Waals surface area contributed by atoms with Crippen molar-refractivity contribution >= 4 is 23.6 Å². The molecule has 3 N–H and O–H groups in total. The summed E-state index contributed by atoms with van der Waals surface area (Å²) in [5, 5.41) is 13.2. The molecule has 2 amide bonds. The van der Waals surface area contributed by atoms with Crippen molar-refractivity contribution < 1.29 is 33.6 Å². The zero-order chi connectivity index (χ0) is 20.0. The fraction of sp³-hybridized carbons (Fsp3) is 0.882. The maximum atomic E-state index is 11.5. The lowest BCUT2D eigenvalue weighted by Crippen LogP contribution is -2.31. The molecule has 0 aliphatic rings. The Morgan fingerprint density at radius 3 is 1.89 bits per heavy atom. The van der Waals surface area contributed by atoms with E-state index in [0.29, 0.717) is 33.0 Å². The first-order valence-electron chi connectivity index (χ1n) is 9.27. The van der Waals surface area contributed by atoms with E-state index in [1.165, 1.54) is 0 Å². The fourth-order valence-electron chi connectivity index (χ4n) is 1.90. The molecule has 27 heavy (non-hydrogen) atoms. The number of nitrogens with one attached hydrogen (secondary N) is 2. The van der Waals surface area contributed by atoms with Gasteiger partial charge in [-0.3, -0.25) is 4.79 Å². The monoisotopic (exact) mass is 412 g/mol. The van der Waals surface area contributed by atoms with Crippen molar-refractivity contribution in [2.24, 2.45) is 0 Å². The number of hydrogen-bond acceptors (Lipinski definition) is 6. The third kappa shape index (κ3) is 22.8. The van der Waals surface area contributed by atoms with Gasteiger partial charge < -0.3 is 34.7 Å². The van der Waals surface area contributed by atoms with Crippen LogP contribution in [0.25, 0.3) is 0 Å². The van der Waals surface area contributed by atoms with Gasteiger partial charge in [0.15, 0.2) is 0 Å². The average Bonchev–Trinajstić information content (AvgIpc) is 2.64. The molecule has 9 nitrogen and oxygen atoms in total. The minimum absolute atomic E-state index is 0.0520. The first kappa shape index (κ1) is 25.9. The second kappa shape index (κ2) is 21.2. The number of ether oxygens (including phenoxy) is 4. The topological polar surface area (TPSA) is 115 Å². The van der Waals surface area contributed by atoms with Crippen LogP contribution in [0, 0.1) is 0 Å². The summed E-state index contributed by atoms with van der Waals surface area (Å²) in [4.78, 5) is 21.7. The van der Waals surface area contributed by atoms with Crippen LogP contribution >= 0.6 is 11.6 Å². The second-order valence-electron chi connectivity index (χ2n) is 5.57. The van der Waals surface area contributed by atoms with Crippen molar-refractivity contribution in [3.63, 3.8) is 0 Å². The molecule has 0 aliphatic heterocycles. The van der Waals surface area contributed by atoms with Crippen LogP contribution in [-0.2, 0) is 23.7 Å². The van der Waals surface area contributed by atoms with E-state index in [9.17, 15) is 9.59 Å². The molecule has 0 heterocycles. The summed E-state index contributed by atoms with van der Waals surface area (Å²) >= 11 is 5.60. The average molecular weight is 413 g/mol. The highest BCUT2D eigenvalue weighted by molar-refractivity contribution is 6.17. The molecule has 0 aromatic carbocycles. The summed E-state index contributed by atoms with van der Waals surface area (Å²) in [6, 6.07) is 0. The van der Waals surface area contributed by atoms with Crippen LogP contribution in [0.2, 0.25) is 0 Å². The molecular weight excluding hydrogens is 380 g/mol. The lowest BCUT2D eigenvalue weighted by Gasteiger charge is -2.08. The van der Waals surface area contributed by atoms with E-state index in [4.69, 9.17) is 35.7 Å². The standard InChI is InChI=1S/C17H33ClN2O7/c18-5-3-1-2-4-8-24-11-12-25-9-6-19-16(21)15-27-14-13-26-10-7-20-17(22)23/h20H,1-15H2,(H,19,21)(H,22,23). The van der Waals surface area contributed by atoms with Gasteiger partial charge in [-0.05, 0) is 12.8 Å². The Kier molecular flexibility index (Phi) is 20.3. The number of alkyl halides is 1. The van der Waals surface area contributed by atoms with Crippen molar-refractivity contribution in [1.82, 2.24) is 10.6 Å². The summed E-state index contributed by atoms with van der Waals surface area (Å²) in [6.07, 6.45) is 3.29. The quantitative estimate of drug-likeness (QED) is 0.203. The minimum Gasteiger partial charge on any atom is -0.465 e. The van der Waals surface area contributed by atoms with Crippen LogP contribution in [0.5, 0.6) is 0 Å². The Hall–Kier alpha value is -1.13. The van der Waals surface area contributed by atoms with Gasteiger partial charge in [0.05, 0.1) is 39.6 Å². The zero-order valence-corrected chi connectivity index (χ0v) is 16.6. The normalized spacial score (nSPS) is 10.7. The highest BCUT2D eigenvalue weighted by atomic mass is 35.5. The third-order valence-corrected chi connectivity index (χ3v) is 3.51. The van der Waals surface area contributed by atoms with E-state index in [2.05, 4.69) is 10.6 Å². The van der Waals surface area contributed by atoms with Crippen molar-refractivity contribution in [1.29, 1.82) is 0 Å². The Labute approximate surface area is 166 Å². The Morgan fingerprint density at radius 1 is 0.704 bits per heavy atom. The molecular formula is C17H33ClN2O7. The summed E-state index contributed by atoms with van der Waals surface area (Å²) in [5.41, 5.74) is 0. The summed E-state index contributed by atoms with van der Waals surface area (Å²) in [5.74, 6) is 0.499. The van der Waals surface area contributed by atoms with Gasteiger partial charge in [-0.1, -0.05) is 12.8 Å². The summed E-state index contributed by atoms with van der Waals surface area (Å²) in [6.45, 7) is 3.61. The molecule has 10 heteroatoms. The minimum atomic E-state index is -1.09. The first-order valence-corrected chi connectivity index (χ1v) is 9.80. The third-order valence-electron chi connectivity index (χ3n) is 3.24. The van der Waals surface area contributed by atoms with Crippen molar-refractivity contribution in [2.75, 3.05) is 71.8 Å². The molecule has 0 rings (SSSR count). The molecule has 0 aromatic heterocycles. The summed E-state index contributed by atoms with van der Waals surface area (Å²) < 4.78 is 21.1. The predicted octanol–water partition coefficient (Wildman–Crippen LogP) is 1.24. The predicted molar refractivity (Wildman–Crippen MR) is 102 cm³/mol. The largest absolute Gasteiger partial charge is 0.465 e. The van der Waals surface area contributed by atoms with Crippen LogP contribution in [-0.4, -0.2) is 88.9 Å². The van der Waals surface area contributed by atoms with Crippen LogP contribution < -0.4 is 10.6 Å². The number of hydrogen-bond donors (Lipinski definition) is 3. The molecule has 0 spiro atoms. The van der Waals surface area contributed by atoms with E-state index in [0.717, 1.165) is 38.2 Å². The lowest BCUT2D eigenvalue weighted by atomic mass is 10.2. The molecule has 0 atom stereocenters. The van der Waals surface area contributed by atoms with Crippen LogP contribution in [0.4, 0.5) is 4.79 Å². The molecule has 0 saturated carbocycles. The van der Waals surface area contributed by atoms with E-state index in [-0.39, 0.29) is 32.3 Å². The molecule has 0 bridgehead atoms. The maximum Gasteiger partial charge on any atom is 0.404 e. The molecule has 0 unspecified atom stereocenters. The van der Waals surface area contributed by atoms with Crippen molar-refractivity contribution in [2.45, 2.75) is 25.7 Å². The van der Waals surface area contributed by atoms with Gasteiger partial charge in [0.25, 0.3) is 0 Å². The molecule has 0 aromatic rings.